The Balaban J connectivity index is 3.56. The van der Waals surface area contributed by atoms with Gasteiger partial charge in [-0.05, 0) is 5.92 Å². The minimum absolute atomic E-state index is 1.05. The van der Waals surface area contributed by atoms with Crippen LogP contribution < -0.4 is 0 Å². The lowest BCUT2D eigenvalue weighted by Gasteiger charge is -2.16. The Labute approximate surface area is 130 Å². The largest absolute Gasteiger partial charge is 0.0654 e. The quantitative estimate of drug-likeness (QED) is 0.252. The lowest BCUT2D eigenvalue weighted by atomic mass is 9.90. The maximum Gasteiger partial charge on any atom is -0.0414 e. The first-order chi connectivity index (χ1) is 9.85. The highest BCUT2D eigenvalue weighted by atomic mass is 14.1. The minimum atomic E-state index is 1.05. The zero-order valence-corrected chi connectivity index (χ0v) is 14.9. The van der Waals surface area contributed by atoms with Crippen LogP contribution in [0.3, 0.4) is 0 Å². The highest BCUT2D eigenvalue weighted by Crippen LogP contribution is 2.23. The molecule has 0 unspecified atom stereocenters. The molecule has 20 heavy (non-hydrogen) atoms. The van der Waals surface area contributed by atoms with Crippen molar-refractivity contribution in [3.05, 3.63) is 0 Å². The monoisotopic (exact) mass is 282 g/mol. The molecular weight excluding hydrogens is 240 g/mol. The highest BCUT2D eigenvalue weighted by molar-refractivity contribution is 4.61. The van der Waals surface area contributed by atoms with Crippen LogP contribution in [0.2, 0.25) is 0 Å². The molecule has 0 heterocycles. The molecule has 0 nitrogen and oxygen atoms in total. The molecule has 0 N–H and O–H groups in total. The molecular formula is C20H42. The standard InChI is InChI=1S/C20H42/c1-4-7-10-11-12-13-16-19-20(17-14-8-5-2)18-15-9-6-3/h20H,4-19H2,1-3H3. The fourth-order valence-corrected chi connectivity index (χ4v) is 3.19. The molecule has 122 valence electrons. The van der Waals surface area contributed by atoms with Gasteiger partial charge in [0, 0.05) is 0 Å². The van der Waals surface area contributed by atoms with E-state index in [1.165, 1.54) is 103 Å². The number of rotatable bonds is 16. The van der Waals surface area contributed by atoms with Crippen LogP contribution in [0.5, 0.6) is 0 Å². The van der Waals surface area contributed by atoms with Crippen molar-refractivity contribution in [2.75, 3.05) is 0 Å². The van der Waals surface area contributed by atoms with Gasteiger partial charge >= 0.3 is 0 Å². The van der Waals surface area contributed by atoms with Crippen molar-refractivity contribution in [1.29, 1.82) is 0 Å². The number of unbranched alkanes of at least 4 members (excludes halogenated alkanes) is 10. The first-order valence-electron chi connectivity index (χ1n) is 9.85. The van der Waals surface area contributed by atoms with E-state index in [2.05, 4.69) is 20.8 Å². The normalized spacial score (nSPS) is 11.4. The SMILES string of the molecule is CCCCCCCCCC(CCCCC)CCCCC. The third-order valence-corrected chi connectivity index (χ3v) is 4.65. The van der Waals surface area contributed by atoms with Gasteiger partial charge < -0.3 is 0 Å². The third-order valence-electron chi connectivity index (χ3n) is 4.65. The van der Waals surface area contributed by atoms with Gasteiger partial charge in [-0.1, -0.05) is 124 Å². The second kappa shape index (κ2) is 17.1. The average molecular weight is 283 g/mol. The van der Waals surface area contributed by atoms with Crippen LogP contribution in [0.4, 0.5) is 0 Å². The van der Waals surface area contributed by atoms with Crippen LogP contribution in [-0.2, 0) is 0 Å². The van der Waals surface area contributed by atoms with Crippen molar-refractivity contribution in [2.45, 2.75) is 124 Å². The molecule has 0 aliphatic carbocycles. The van der Waals surface area contributed by atoms with E-state index in [4.69, 9.17) is 0 Å². The Morgan fingerprint density at radius 2 is 0.700 bits per heavy atom. The van der Waals surface area contributed by atoms with Gasteiger partial charge in [-0.25, -0.2) is 0 Å². The summed E-state index contributed by atoms with van der Waals surface area (Å²) in [5.74, 6) is 1.05. The summed E-state index contributed by atoms with van der Waals surface area (Å²) in [4.78, 5) is 0. The van der Waals surface area contributed by atoms with E-state index in [1.54, 1.807) is 0 Å². The van der Waals surface area contributed by atoms with Gasteiger partial charge in [-0.2, -0.15) is 0 Å². The molecule has 0 rings (SSSR count). The van der Waals surface area contributed by atoms with Gasteiger partial charge in [0.2, 0.25) is 0 Å². The molecule has 0 spiro atoms. The van der Waals surface area contributed by atoms with E-state index in [0.717, 1.165) is 5.92 Å². The van der Waals surface area contributed by atoms with E-state index in [9.17, 15) is 0 Å². The molecule has 0 saturated carbocycles. The van der Waals surface area contributed by atoms with E-state index in [1.807, 2.05) is 0 Å². The molecule has 0 aromatic rings. The fourth-order valence-electron chi connectivity index (χ4n) is 3.19. The number of hydrogen-bond donors (Lipinski definition) is 0. The maximum atomic E-state index is 2.32. The van der Waals surface area contributed by atoms with Crippen molar-refractivity contribution in [1.82, 2.24) is 0 Å². The summed E-state index contributed by atoms with van der Waals surface area (Å²) < 4.78 is 0. The van der Waals surface area contributed by atoms with Crippen LogP contribution in [0.15, 0.2) is 0 Å². The molecule has 0 heteroatoms. The molecule has 0 aliphatic rings. The number of hydrogen-bond acceptors (Lipinski definition) is 0. The molecule has 0 fully saturated rings. The molecule has 0 radical (unpaired) electrons. The summed E-state index contributed by atoms with van der Waals surface area (Å²) >= 11 is 0. The van der Waals surface area contributed by atoms with Crippen molar-refractivity contribution >= 4 is 0 Å². The Kier molecular flexibility index (Phi) is 17.1. The van der Waals surface area contributed by atoms with Crippen LogP contribution >= 0.6 is 0 Å². The van der Waals surface area contributed by atoms with E-state index >= 15 is 0 Å². The van der Waals surface area contributed by atoms with Gasteiger partial charge in [-0.3, -0.25) is 0 Å². The summed E-state index contributed by atoms with van der Waals surface area (Å²) in [5, 5.41) is 0. The predicted molar refractivity (Wildman–Crippen MR) is 94.4 cm³/mol. The fraction of sp³-hybridized carbons (Fsp3) is 1.00. The lowest BCUT2D eigenvalue weighted by molar-refractivity contribution is 0.370. The second-order valence-electron chi connectivity index (χ2n) is 6.77. The summed E-state index contributed by atoms with van der Waals surface area (Å²) in [6.45, 7) is 6.95. The van der Waals surface area contributed by atoms with E-state index in [-0.39, 0.29) is 0 Å². The van der Waals surface area contributed by atoms with Crippen LogP contribution in [0, 0.1) is 5.92 Å². The summed E-state index contributed by atoms with van der Waals surface area (Å²) in [6, 6.07) is 0. The third kappa shape index (κ3) is 14.4. The second-order valence-corrected chi connectivity index (χ2v) is 6.77. The lowest BCUT2D eigenvalue weighted by Crippen LogP contribution is -2.01. The van der Waals surface area contributed by atoms with Crippen molar-refractivity contribution < 1.29 is 0 Å². The first-order valence-corrected chi connectivity index (χ1v) is 9.85. The molecule has 0 atom stereocenters. The maximum absolute atomic E-state index is 2.32. The Bertz CT molecular complexity index is 151. The van der Waals surface area contributed by atoms with Crippen molar-refractivity contribution in [3.8, 4) is 0 Å². The first kappa shape index (κ1) is 20.0. The zero-order valence-electron chi connectivity index (χ0n) is 14.9. The van der Waals surface area contributed by atoms with Gasteiger partial charge in [0.25, 0.3) is 0 Å². The molecule has 0 saturated heterocycles. The molecule has 0 aromatic heterocycles. The van der Waals surface area contributed by atoms with Gasteiger partial charge in [0.05, 0.1) is 0 Å². The van der Waals surface area contributed by atoms with Crippen LogP contribution in [-0.4, -0.2) is 0 Å². The minimum Gasteiger partial charge on any atom is -0.0654 e. The van der Waals surface area contributed by atoms with Gasteiger partial charge in [-0.15, -0.1) is 0 Å². The predicted octanol–water partition coefficient (Wildman–Crippen LogP) is 7.90. The summed E-state index contributed by atoms with van der Waals surface area (Å²) in [7, 11) is 0. The smallest absolute Gasteiger partial charge is 0.0414 e. The Morgan fingerprint density at radius 1 is 0.400 bits per heavy atom. The van der Waals surface area contributed by atoms with Gasteiger partial charge in [0.15, 0.2) is 0 Å². The molecule has 0 aliphatic heterocycles. The highest BCUT2D eigenvalue weighted by Gasteiger charge is 2.08. The van der Waals surface area contributed by atoms with E-state index < -0.39 is 0 Å². The molecule has 0 aromatic carbocycles. The van der Waals surface area contributed by atoms with Gasteiger partial charge in [0.1, 0.15) is 0 Å². The zero-order chi connectivity index (χ0) is 14.9. The molecule has 0 amide bonds. The van der Waals surface area contributed by atoms with Crippen molar-refractivity contribution in [3.63, 3.8) is 0 Å². The average Bonchev–Trinajstić information content (AvgIpc) is 2.46. The van der Waals surface area contributed by atoms with Crippen LogP contribution in [0.1, 0.15) is 124 Å². The summed E-state index contributed by atoms with van der Waals surface area (Å²) in [6.07, 6.45) is 23.3. The topological polar surface area (TPSA) is 0 Å². The Hall–Kier alpha value is 0. The Morgan fingerprint density at radius 3 is 1.15 bits per heavy atom. The van der Waals surface area contributed by atoms with Crippen molar-refractivity contribution in [2.24, 2.45) is 5.92 Å². The summed E-state index contributed by atoms with van der Waals surface area (Å²) in [5.41, 5.74) is 0. The van der Waals surface area contributed by atoms with Crippen LogP contribution in [0.25, 0.3) is 0 Å². The van der Waals surface area contributed by atoms with E-state index in [0.29, 0.717) is 0 Å². The molecule has 0 bridgehead atoms.